The average molecular weight is 279 g/mol. The predicted molar refractivity (Wildman–Crippen MR) is 77.6 cm³/mol. The molecule has 110 valence electrons. The number of anilines is 1. The maximum absolute atomic E-state index is 11.6. The minimum absolute atomic E-state index is 0.131. The molecule has 0 spiro atoms. The van der Waals surface area contributed by atoms with Crippen molar-refractivity contribution < 1.29 is 14.3 Å². The first kappa shape index (κ1) is 15.8. The molecule has 6 heteroatoms. The smallest absolute Gasteiger partial charge is 0.257 e. The normalized spacial score (nSPS) is 10.2. The number of nitrogens with one attached hydrogen (secondary N) is 2. The number of amides is 2. The van der Waals surface area contributed by atoms with Gasteiger partial charge in [0.2, 0.25) is 0 Å². The van der Waals surface area contributed by atoms with Crippen molar-refractivity contribution in [1.82, 2.24) is 10.6 Å². The third kappa shape index (κ3) is 4.79. The van der Waals surface area contributed by atoms with Gasteiger partial charge in [0.15, 0.2) is 6.61 Å². The predicted octanol–water partition coefficient (Wildman–Crippen LogP) is 0.779. The fourth-order valence-electron chi connectivity index (χ4n) is 1.46. The number of hydrogen-bond acceptors (Lipinski definition) is 4. The number of carbonyl (C=O) groups is 2. The fraction of sp³-hybridized carbons (Fsp3) is 0.429. The van der Waals surface area contributed by atoms with E-state index >= 15 is 0 Å². The summed E-state index contributed by atoms with van der Waals surface area (Å²) in [6, 6.07) is 4.69. The van der Waals surface area contributed by atoms with E-state index in [1.54, 1.807) is 19.2 Å². The van der Waals surface area contributed by atoms with Crippen LogP contribution in [-0.2, 0) is 4.79 Å². The summed E-state index contributed by atoms with van der Waals surface area (Å²) < 4.78 is 5.35. The van der Waals surface area contributed by atoms with Crippen LogP contribution in [0.1, 0.15) is 24.2 Å². The number of hydrogen-bond donors (Lipinski definition) is 3. The van der Waals surface area contributed by atoms with E-state index in [1.165, 1.54) is 6.07 Å². The van der Waals surface area contributed by atoms with E-state index in [9.17, 15) is 9.59 Å². The van der Waals surface area contributed by atoms with Gasteiger partial charge in [-0.05, 0) is 24.1 Å². The van der Waals surface area contributed by atoms with Gasteiger partial charge in [-0.25, -0.2) is 0 Å². The Balaban J connectivity index is 2.63. The van der Waals surface area contributed by atoms with Crippen molar-refractivity contribution in [3.05, 3.63) is 23.8 Å². The molecule has 0 aliphatic heterocycles. The summed E-state index contributed by atoms with van der Waals surface area (Å²) in [5.74, 6) is 0.244. The van der Waals surface area contributed by atoms with Crippen molar-refractivity contribution in [3.8, 4) is 5.75 Å². The van der Waals surface area contributed by atoms with Crippen LogP contribution >= 0.6 is 0 Å². The minimum atomic E-state index is -0.237. The second-order valence-corrected chi connectivity index (χ2v) is 4.82. The highest BCUT2D eigenvalue weighted by molar-refractivity contribution is 5.95. The molecule has 0 saturated carbocycles. The van der Waals surface area contributed by atoms with Gasteiger partial charge in [-0.1, -0.05) is 13.8 Å². The number of carbonyl (C=O) groups excluding carboxylic acids is 2. The molecule has 20 heavy (non-hydrogen) atoms. The summed E-state index contributed by atoms with van der Waals surface area (Å²) in [5, 5.41) is 5.25. The van der Waals surface area contributed by atoms with Gasteiger partial charge in [-0.2, -0.15) is 0 Å². The second-order valence-electron chi connectivity index (χ2n) is 4.82. The molecule has 6 nitrogen and oxygen atoms in total. The number of benzene rings is 1. The lowest BCUT2D eigenvalue weighted by molar-refractivity contribution is -0.123. The van der Waals surface area contributed by atoms with Crippen LogP contribution in [0.25, 0.3) is 0 Å². The zero-order valence-corrected chi connectivity index (χ0v) is 12.0. The Labute approximate surface area is 118 Å². The minimum Gasteiger partial charge on any atom is -0.482 e. The highest BCUT2D eigenvalue weighted by atomic mass is 16.5. The number of ether oxygens (including phenoxy) is 1. The summed E-state index contributed by atoms with van der Waals surface area (Å²) in [5.41, 5.74) is 6.56. The van der Waals surface area contributed by atoms with E-state index in [0.717, 1.165) is 0 Å². The highest BCUT2D eigenvalue weighted by Gasteiger charge is 2.09. The monoisotopic (exact) mass is 279 g/mol. The lowest BCUT2D eigenvalue weighted by Gasteiger charge is -2.11. The first-order valence-corrected chi connectivity index (χ1v) is 6.45. The Hall–Kier alpha value is -2.24. The van der Waals surface area contributed by atoms with Gasteiger partial charge in [0.25, 0.3) is 11.8 Å². The quantitative estimate of drug-likeness (QED) is 0.671. The van der Waals surface area contributed by atoms with E-state index in [-0.39, 0.29) is 18.4 Å². The molecule has 1 aromatic carbocycles. The fourth-order valence-corrected chi connectivity index (χ4v) is 1.46. The zero-order valence-electron chi connectivity index (χ0n) is 12.0. The molecule has 0 heterocycles. The SMILES string of the molecule is CNC(=O)c1ccc(N)c(OCC(=O)NCC(C)C)c1. The molecule has 0 atom stereocenters. The maximum Gasteiger partial charge on any atom is 0.257 e. The lowest BCUT2D eigenvalue weighted by Crippen LogP contribution is -2.31. The van der Waals surface area contributed by atoms with Gasteiger partial charge in [-0.3, -0.25) is 9.59 Å². The zero-order chi connectivity index (χ0) is 15.1. The van der Waals surface area contributed by atoms with Crippen LogP contribution in [0, 0.1) is 5.92 Å². The van der Waals surface area contributed by atoms with E-state index < -0.39 is 0 Å². The first-order chi connectivity index (χ1) is 9.43. The number of rotatable bonds is 6. The molecular formula is C14H21N3O3. The van der Waals surface area contributed by atoms with Gasteiger partial charge in [0, 0.05) is 19.2 Å². The van der Waals surface area contributed by atoms with Crippen molar-refractivity contribution in [2.45, 2.75) is 13.8 Å². The molecule has 1 rings (SSSR count). The topological polar surface area (TPSA) is 93.5 Å². The Morgan fingerprint density at radius 2 is 2.05 bits per heavy atom. The van der Waals surface area contributed by atoms with Crippen molar-refractivity contribution in [3.63, 3.8) is 0 Å². The van der Waals surface area contributed by atoms with Gasteiger partial charge >= 0.3 is 0 Å². The lowest BCUT2D eigenvalue weighted by atomic mass is 10.2. The van der Waals surface area contributed by atoms with Crippen LogP contribution in [0.3, 0.4) is 0 Å². The van der Waals surface area contributed by atoms with Crippen molar-refractivity contribution in [2.24, 2.45) is 5.92 Å². The largest absolute Gasteiger partial charge is 0.482 e. The van der Waals surface area contributed by atoms with Crippen LogP contribution in [0.15, 0.2) is 18.2 Å². The second kappa shape index (κ2) is 7.37. The van der Waals surface area contributed by atoms with Gasteiger partial charge < -0.3 is 21.1 Å². The standard InChI is InChI=1S/C14H21N3O3/c1-9(2)7-17-13(18)8-20-12-6-10(14(19)16-3)4-5-11(12)15/h4-6,9H,7-8,15H2,1-3H3,(H,16,19)(H,17,18). The van der Waals surface area contributed by atoms with E-state index in [1.807, 2.05) is 13.8 Å². The van der Waals surface area contributed by atoms with Crippen molar-refractivity contribution >= 4 is 17.5 Å². The molecule has 2 amide bonds. The van der Waals surface area contributed by atoms with Crippen LogP contribution in [-0.4, -0.2) is 32.0 Å². The summed E-state index contributed by atoms with van der Waals surface area (Å²) in [4.78, 5) is 23.1. The van der Waals surface area contributed by atoms with E-state index in [0.29, 0.717) is 29.5 Å². The maximum atomic E-state index is 11.6. The molecule has 0 aliphatic carbocycles. The molecule has 0 fully saturated rings. The Morgan fingerprint density at radius 1 is 1.35 bits per heavy atom. The number of nitrogens with two attached hydrogens (primary N) is 1. The molecule has 4 N–H and O–H groups in total. The summed E-state index contributed by atoms with van der Waals surface area (Å²) >= 11 is 0. The van der Waals surface area contributed by atoms with Gasteiger partial charge in [0.05, 0.1) is 5.69 Å². The molecule has 0 aromatic heterocycles. The first-order valence-electron chi connectivity index (χ1n) is 6.45. The van der Waals surface area contributed by atoms with Gasteiger partial charge in [0.1, 0.15) is 5.75 Å². The van der Waals surface area contributed by atoms with Crippen LogP contribution in [0.4, 0.5) is 5.69 Å². The third-order valence-corrected chi connectivity index (χ3v) is 2.57. The summed E-state index contributed by atoms with van der Waals surface area (Å²) in [6.45, 7) is 4.47. The van der Waals surface area contributed by atoms with Crippen LogP contribution < -0.4 is 21.1 Å². The molecule has 0 saturated heterocycles. The number of nitrogen functional groups attached to an aromatic ring is 1. The Bertz CT molecular complexity index is 487. The Morgan fingerprint density at radius 3 is 2.65 bits per heavy atom. The molecular weight excluding hydrogens is 258 g/mol. The molecule has 0 aliphatic rings. The molecule has 1 aromatic rings. The third-order valence-electron chi connectivity index (χ3n) is 2.57. The van der Waals surface area contributed by atoms with E-state index in [2.05, 4.69) is 10.6 Å². The van der Waals surface area contributed by atoms with Crippen molar-refractivity contribution in [1.29, 1.82) is 0 Å². The molecule has 0 bridgehead atoms. The summed E-state index contributed by atoms with van der Waals surface area (Å²) in [7, 11) is 1.54. The Kier molecular flexibility index (Phi) is 5.83. The van der Waals surface area contributed by atoms with Gasteiger partial charge in [-0.15, -0.1) is 0 Å². The molecule has 0 radical (unpaired) electrons. The molecule has 0 unspecified atom stereocenters. The van der Waals surface area contributed by atoms with Crippen LogP contribution in [0.2, 0.25) is 0 Å². The highest BCUT2D eigenvalue weighted by Crippen LogP contribution is 2.22. The average Bonchev–Trinajstić information content (AvgIpc) is 2.43. The summed E-state index contributed by atoms with van der Waals surface area (Å²) in [6.07, 6.45) is 0. The van der Waals surface area contributed by atoms with Crippen molar-refractivity contribution in [2.75, 3.05) is 25.9 Å². The van der Waals surface area contributed by atoms with Crippen LogP contribution in [0.5, 0.6) is 5.75 Å². The van der Waals surface area contributed by atoms with E-state index in [4.69, 9.17) is 10.5 Å².